The van der Waals surface area contributed by atoms with E-state index < -0.39 is 6.29 Å². The van der Waals surface area contributed by atoms with Crippen LogP contribution >= 0.6 is 11.3 Å². The van der Waals surface area contributed by atoms with E-state index in [0.717, 1.165) is 13.0 Å². The third kappa shape index (κ3) is 4.84. The van der Waals surface area contributed by atoms with Gasteiger partial charge in [0.05, 0.1) is 0 Å². The van der Waals surface area contributed by atoms with Gasteiger partial charge in [-0.1, -0.05) is 0 Å². The average molecular weight is 365 g/mol. The molecule has 3 rings (SSSR count). The minimum atomic E-state index is -0.465. The summed E-state index contributed by atoms with van der Waals surface area (Å²) in [4.78, 5) is 12.5. The molecule has 1 aromatic heterocycles. The van der Waals surface area contributed by atoms with Crippen molar-refractivity contribution < 1.29 is 19.4 Å². The molecular formula is C19H27NO4S. The molecule has 0 unspecified atom stereocenters. The van der Waals surface area contributed by atoms with Crippen LogP contribution in [0.25, 0.3) is 0 Å². The zero-order valence-electron chi connectivity index (χ0n) is 14.6. The first kappa shape index (κ1) is 18.4. The summed E-state index contributed by atoms with van der Waals surface area (Å²) < 4.78 is 11.7. The Bertz CT molecular complexity index is 582. The molecule has 1 aliphatic carbocycles. The number of thiophene rings is 1. The van der Waals surface area contributed by atoms with Crippen molar-refractivity contribution in [1.82, 2.24) is 5.32 Å². The predicted octanol–water partition coefficient (Wildman–Crippen LogP) is 3.02. The Morgan fingerprint density at radius 1 is 1.48 bits per heavy atom. The number of carbonyl (C=O) groups excluding carboxylic acids is 1. The molecule has 25 heavy (non-hydrogen) atoms. The number of nitrogens with one attached hydrogen (secondary N) is 1. The van der Waals surface area contributed by atoms with Crippen molar-refractivity contribution >= 4 is 17.2 Å². The van der Waals surface area contributed by atoms with Crippen LogP contribution in [0.2, 0.25) is 0 Å². The lowest BCUT2D eigenvalue weighted by Crippen LogP contribution is -2.39. The van der Waals surface area contributed by atoms with E-state index in [0.29, 0.717) is 24.7 Å². The smallest absolute Gasteiger partial charge is 0.286 e. The van der Waals surface area contributed by atoms with Gasteiger partial charge in [0.15, 0.2) is 5.76 Å². The van der Waals surface area contributed by atoms with E-state index in [4.69, 9.17) is 9.47 Å². The van der Waals surface area contributed by atoms with E-state index in [1.165, 1.54) is 18.4 Å². The van der Waals surface area contributed by atoms with Gasteiger partial charge < -0.3 is 19.9 Å². The lowest BCUT2D eigenvalue weighted by molar-refractivity contribution is -0.166. The third-order valence-electron chi connectivity index (χ3n) is 4.81. The van der Waals surface area contributed by atoms with Gasteiger partial charge >= 0.3 is 0 Å². The van der Waals surface area contributed by atoms with Crippen molar-refractivity contribution in [3.05, 3.63) is 34.2 Å². The maximum absolute atomic E-state index is 12.5. The Morgan fingerprint density at radius 3 is 2.96 bits per heavy atom. The topological polar surface area (TPSA) is 67.8 Å². The summed E-state index contributed by atoms with van der Waals surface area (Å²) in [5.41, 5.74) is 1.17. The van der Waals surface area contributed by atoms with Gasteiger partial charge in [-0.05, 0) is 67.0 Å². The average Bonchev–Trinajstić information content (AvgIpc) is 3.29. The lowest BCUT2D eigenvalue weighted by atomic mass is 9.81. The second-order valence-electron chi connectivity index (χ2n) is 6.74. The van der Waals surface area contributed by atoms with Crippen LogP contribution in [0.5, 0.6) is 0 Å². The van der Waals surface area contributed by atoms with E-state index in [1.54, 1.807) is 11.3 Å². The molecule has 2 N–H and O–H groups in total. The number of aliphatic hydroxyl groups is 1. The summed E-state index contributed by atoms with van der Waals surface area (Å²) in [6.07, 6.45) is 5.34. The highest BCUT2D eigenvalue weighted by atomic mass is 32.1. The van der Waals surface area contributed by atoms with Crippen molar-refractivity contribution in [3.8, 4) is 0 Å². The molecule has 0 radical (unpaired) electrons. The molecule has 2 aliphatic rings. The van der Waals surface area contributed by atoms with Crippen LogP contribution in [0.3, 0.4) is 0 Å². The highest BCUT2D eigenvalue weighted by Gasteiger charge is 2.38. The van der Waals surface area contributed by atoms with Crippen molar-refractivity contribution in [1.29, 1.82) is 0 Å². The summed E-state index contributed by atoms with van der Waals surface area (Å²) in [5.74, 6) is 0.972. The molecule has 138 valence electrons. The van der Waals surface area contributed by atoms with E-state index in [2.05, 4.69) is 16.8 Å². The van der Waals surface area contributed by atoms with Gasteiger partial charge in [0.1, 0.15) is 0 Å². The highest BCUT2D eigenvalue weighted by molar-refractivity contribution is 7.08. The maximum Gasteiger partial charge on any atom is 0.286 e. The fourth-order valence-corrected chi connectivity index (χ4v) is 3.96. The molecule has 1 aromatic rings. The summed E-state index contributed by atoms with van der Waals surface area (Å²) in [6.45, 7) is 3.31. The predicted molar refractivity (Wildman–Crippen MR) is 97.2 cm³/mol. The van der Waals surface area contributed by atoms with E-state index >= 15 is 0 Å². The van der Waals surface area contributed by atoms with Gasteiger partial charge in [-0.15, -0.1) is 0 Å². The monoisotopic (exact) mass is 365 g/mol. The highest BCUT2D eigenvalue weighted by Crippen LogP contribution is 2.40. The quantitative estimate of drug-likeness (QED) is 0.706. The van der Waals surface area contributed by atoms with Crippen LogP contribution < -0.4 is 5.32 Å². The minimum Gasteiger partial charge on any atom is -0.459 e. The Labute approximate surface area is 153 Å². The molecule has 2 heterocycles. The van der Waals surface area contributed by atoms with Gasteiger partial charge in [0.2, 0.25) is 6.29 Å². The summed E-state index contributed by atoms with van der Waals surface area (Å²) in [5, 5.41) is 16.4. The number of hydrogen-bond acceptors (Lipinski definition) is 5. The number of rotatable bonds is 9. The fraction of sp³-hybridized carbons (Fsp3) is 0.632. The van der Waals surface area contributed by atoms with Crippen LogP contribution in [0.1, 0.15) is 44.1 Å². The molecule has 5 nitrogen and oxygen atoms in total. The third-order valence-corrected chi connectivity index (χ3v) is 5.51. The lowest BCUT2D eigenvalue weighted by Gasteiger charge is -2.36. The molecule has 6 heteroatoms. The van der Waals surface area contributed by atoms with Crippen LogP contribution in [0.15, 0.2) is 28.7 Å². The number of hydrogen-bond donors (Lipinski definition) is 2. The molecule has 1 fully saturated rings. The summed E-state index contributed by atoms with van der Waals surface area (Å²) in [7, 11) is 0. The molecule has 0 aromatic carbocycles. The molecule has 1 saturated carbocycles. The zero-order valence-corrected chi connectivity index (χ0v) is 15.5. The number of ether oxygens (including phenoxy) is 2. The van der Waals surface area contributed by atoms with Gasteiger partial charge in [0.25, 0.3) is 5.91 Å². The van der Waals surface area contributed by atoms with E-state index in [-0.39, 0.29) is 24.3 Å². The fourth-order valence-electron chi connectivity index (χ4n) is 3.26. The maximum atomic E-state index is 12.5. The van der Waals surface area contributed by atoms with Crippen LogP contribution in [0, 0.1) is 11.8 Å². The summed E-state index contributed by atoms with van der Waals surface area (Å²) in [6, 6.07) is 2.09. The summed E-state index contributed by atoms with van der Waals surface area (Å²) >= 11 is 1.64. The van der Waals surface area contributed by atoms with Crippen LogP contribution in [0.4, 0.5) is 0 Å². The van der Waals surface area contributed by atoms with Crippen molar-refractivity contribution in [2.24, 2.45) is 11.8 Å². The van der Waals surface area contributed by atoms with Crippen molar-refractivity contribution in [2.75, 3.05) is 19.8 Å². The van der Waals surface area contributed by atoms with Crippen LogP contribution in [-0.2, 0) is 14.3 Å². The van der Waals surface area contributed by atoms with Gasteiger partial charge in [0, 0.05) is 31.6 Å². The van der Waals surface area contributed by atoms with E-state index in [1.807, 2.05) is 18.4 Å². The number of carbonyl (C=O) groups is 1. The Balaban J connectivity index is 1.80. The molecule has 0 saturated heterocycles. The SMILES string of the molecule is CCO[C@H]1OC(C(=O)NCC2CC2)=C[C@@H](c2ccsc2)[C@@H]1CCCO. The van der Waals surface area contributed by atoms with Crippen LogP contribution in [-0.4, -0.2) is 37.1 Å². The molecule has 1 aliphatic heterocycles. The Kier molecular flexibility index (Phi) is 6.51. The normalized spacial score (nSPS) is 26.0. The first-order valence-electron chi connectivity index (χ1n) is 9.14. The molecule has 1 amide bonds. The minimum absolute atomic E-state index is 0.0600. The van der Waals surface area contributed by atoms with Gasteiger partial charge in [-0.3, -0.25) is 4.79 Å². The van der Waals surface area contributed by atoms with Gasteiger partial charge in [-0.25, -0.2) is 0 Å². The van der Waals surface area contributed by atoms with E-state index in [9.17, 15) is 9.90 Å². The molecule has 0 spiro atoms. The first-order valence-corrected chi connectivity index (χ1v) is 10.1. The molecule has 3 atom stereocenters. The number of aliphatic hydroxyl groups excluding tert-OH is 1. The standard InChI is InChI=1S/C19H27NO4S/c1-2-23-19-15(4-3-8-21)16(14-7-9-25-12-14)10-17(24-19)18(22)20-11-13-5-6-13/h7,9-10,12-13,15-16,19,21H,2-6,8,11H2,1H3,(H,20,22)/t15-,16-,19-/m0/s1. The Morgan fingerprint density at radius 2 is 2.32 bits per heavy atom. The number of allylic oxidation sites excluding steroid dienone is 1. The largest absolute Gasteiger partial charge is 0.459 e. The number of amides is 1. The zero-order chi connectivity index (χ0) is 17.6. The van der Waals surface area contributed by atoms with Crippen molar-refractivity contribution in [3.63, 3.8) is 0 Å². The molecular weight excluding hydrogens is 338 g/mol. The molecule has 0 bridgehead atoms. The first-order chi connectivity index (χ1) is 12.2. The van der Waals surface area contributed by atoms with Gasteiger partial charge in [-0.2, -0.15) is 11.3 Å². The second-order valence-corrected chi connectivity index (χ2v) is 7.52. The second kappa shape index (κ2) is 8.83. The van der Waals surface area contributed by atoms with Crippen molar-refractivity contribution in [2.45, 2.75) is 44.8 Å². The Hall–Kier alpha value is -1.37.